The lowest BCUT2D eigenvalue weighted by molar-refractivity contribution is 0.102. The number of carbonyl (C=O) groups is 1. The van der Waals surface area contributed by atoms with Gasteiger partial charge in [-0.25, -0.2) is 12.8 Å². The third kappa shape index (κ3) is 4.23. The second kappa shape index (κ2) is 8.16. The number of sulfonamides is 1. The maximum atomic E-state index is 14.1. The Morgan fingerprint density at radius 3 is 2.38 bits per heavy atom. The summed E-state index contributed by atoms with van der Waals surface area (Å²) in [5.41, 5.74) is 1.34. The Labute approximate surface area is 157 Å². The molecule has 5 nitrogen and oxygen atoms in total. The molecular weight excluding hydrogens is 379 g/mol. The number of benzene rings is 2. The summed E-state index contributed by atoms with van der Waals surface area (Å²) in [5.74, 6) is -1.48. The van der Waals surface area contributed by atoms with Crippen LogP contribution in [0.15, 0.2) is 41.3 Å². The van der Waals surface area contributed by atoms with E-state index in [1.807, 2.05) is 6.92 Å². The van der Waals surface area contributed by atoms with E-state index in [-0.39, 0.29) is 18.7 Å². The van der Waals surface area contributed by atoms with Crippen LogP contribution in [0, 0.1) is 12.7 Å². The molecule has 1 amide bonds. The van der Waals surface area contributed by atoms with E-state index in [0.29, 0.717) is 10.7 Å². The van der Waals surface area contributed by atoms with Crippen LogP contribution in [-0.2, 0) is 10.0 Å². The lowest BCUT2D eigenvalue weighted by Crippen LogP contribution is -2.31. The Hall–Kier alpha value is -1.96. The Morgan fingerprint density at radius 1 is 1.15 bits per heavy atom. The fourth-order valence-corrected chi connectivity index (χ4v) is 4.29. The molecule has 0 aliphatic carbocycles. The van der Waals surface area contributed by atoms with E-state index in [4.69, 9.17) is 11.6 Å². The Bertz CT molecular complexity index is 928. The van der Waals surface area contributed by atoms with Crippen molar-refractivity contribution in [3.05, 3.63) is 58.4 Å². The van der Waals surface area contributed by atoms with E-state index in [1.165, 1.54) is 6.07 Å². The molecule has 2 rings (SSSR count). The van der Waals surface area contributed by atoms with Gasteiger partial charge in [-0.05, 0) is 42.8 Å². The molecule has 140 valence electrons. The average Bonchev–Trinajstić information content (AvgIpc) is 2.58. The van der Waals surface area contributed by atoms with Crippen molar-refractivity contribution in [2.45, 2.75) is 25.7 Å². The zero-order valence-corrected chi connectivity index (χ0v) is 16.3. The van der Waals surface area contributed by atoms with E-state index in [9.17, 15) is 17.6 Å². The molecule has 0 saturated heterocycles. The highest BCUT2D eigenvalue weighted by molar-refractivity contribution is 7.89. The van der Waals surface area contributed by atoms with Gasteiger partial charge >= 0.3 is 0 Å². The van der Waals surface area contributed by atoms with Gasteiger partial charge < -0.3 is 5.32 Å². The zero-order chi connectivity index (χ0) is 19.5. The fraction of sp³-hybridized carbons (Fsp3) is 0.278. The number of halogens is 2. The van der Waals surface area contributed by atoms with Crippen molar-refractivity contribution in [2.24, 2.45) is 0 Å². The lowest BCUT2D eigenvalue weighted by Gasteiger charge is -2.19. The molecule has 1 N–H and O–H groups in total. The Morgan fingerprint density at radius 2 is 1.81 bits per heavy atom. The molecule has 0 aromatic heterocycles. The largest absolute Gasteiger partial charge is 0.321 e. The number of anilines is 1. The number of nitrogens with one attached hydrogen (secondary N) is 1. The van der Waals surface area contributed by atoms with Crippen LogP contribution in [0.4, 0.5) is 10.1 Å². The molecule has 0 radical (unpaired) electrons. The molecular formula is C18H20ClFN2O3S. The summed E-state index contributed by atoms with van der Waals surface area (Å²) in [6.45, 7) is 5.59. The molecule has 8 heteroatoms. The fourth-order valence-electron chi connectivity index (χ4n) is 2.46. The van der Waals surface area contributed by atoms with Crippen LogP contribution in [0.5, 0.6) is 0 Å². The van der Waals surface area contributed by atoms with Gasteiger partial charge in [0.2, 0.25) is 10.0 Å². The van der Waals surface area contributed by atoms with Gasteiger partial charge in [0.15, 0.2) is 0 Å². The smallest absolute Gasteiger partial charge is 0.255 e. The molecule has 2 aromatic carbocycles. The summed E-state index contributed by atoms with van der Waals surface area (Å²) in [6.07, 6.45) is 0. The molecule has 0 fully saturated rings. The topological polar surface area (TPSA) is 66.5 Å². The number of carbonyl (C=O) groups excluding carboxylic acids is 1. The van der Waals surface area contributed by atoms with Crippen LogP contribution in [0.1, 0.15) is 29.8 Å². The number of nitrogens with zero attached hydrogens (tertiary/aromatic N) is 1. The van der Waals surface area contributed by atoms with E-state index in [1.54, 1.807) is 32.0 Å². The molecule has 0 aliphatic heterocycles. The molecule has 0 bridgehead atoms. The van der Waals surface area contributed by atoms with Crippen LogP contribution in [0.25, 0.3) is 0 Å². The highest BCUT2D eigenvalue weighted by Crippen LogP contribution is 2.25. The maximum Gasteiger partial charge on any atom is 0.255 e. The zero-order valence-electron chi connectivity index (χ0n) is 14.7. The predicted molar refractivity (Wildman–Crippen MR) is 101 cm³/mol. The number of hydrogen-bond acceptors (Lipinski definition) is 3. The summed E-state index contributed by atoms with van der Waals surface area (Å²) in [5, 5.41) is 2.97. The first kappa shape index (κ1) is 20.4. The minimum atomic E-state index is -4.02. The second-order valence-corrected chi connectivity index (χ2v) is 7.99. The summed E-state index contributed by atoms with van der Waals surface area (Å²) in [7, 11) is -4.02. The molecule has 0 aliphatic rings. The summed E-state index contributed by atoms with van der Waals surface area (Å²) < 4.78 is 40.4. The standard InChI is InChI=1S/C18H20ClFN2O3S/c1-4-22(5-2)26(24,25)17-11-13(7-8-15(17)20)18(23)21-16-9-6-12(3)10-14(16)19/h6-11H,4-5H2,1-3H3,(H,21,23). The molecule has 0 saturated carbocycles. The first-order valence-electron chi connectivity index (χ1n) is 8.07. The van der Waals surface area contributed by atoms with Crippen molar-refractivity contribution in [2.75, 3.05) is 18.4 Å². The van der Waals surface area contributed by atoms with Gasteiger partial charge in [0.1, 0.15) is 10.7 Å². The summed E-state index contributed by atoms with van der Waals surface area (Å²) >= 11 is 6.09. The number of rotatable bonds is 6. The van der Waals surface area contributed by atoms with Gasteiger partial charge in [-0.1, -0.05) is 31.5 Å². The quantitative estimate of drug-likeness (QED) is 0.797. The highest BCUT2D eigenvalue weighted by atomic mass is 35.5. The lowest BCUT2D eigenvalue weighted by atomic mass is 10.2. The second-order valence-electron chi connectivity index (χ2n) is 5.67. The van der Waals surface area contributed by atoms with Gasteiger partial charge in [-0.2, -0.15) is 4.31 Å². The van der Waals surface area contributed by atoms with Crippen molar-refractivity contribution in [3.63, 3.8) is 0 Å². The molecule has 0 atom stereocenters. The van der Waals surface area contributed by atoms with Crippen LogP contribution >= 0.6 is 11.6 Å². The first-order valence-corrected chi connectivity index (χ1v) is 9.89. The van der Waals surface area contributed by atoms with Gasteiger partial charge in [0.05, 0.1) is 10.7 Å². The van der Waals surface area contributed by atoms with Crippen LogP contribution in [-0.4, -0.2) is 31.7 Å². The Kier molecular flexibility index (Phi) is 6.39. The molecule has 0 spiro atoms. The molecule has 0 unspecified atom stereocenters. The van der Waals surface area contributed by atoms with E-state index in [0.717, 1.165) is 22.0 Å². The van der Waals surface area contributed by atoms with Crippen molar-refractivity contribution in [3.8, 4) is 0 Å². The van der Waals surface area contributed by atoms with Gasteiger partial charge in [0.25, 0.3) is 5.91 Å². The minimum Gasteiger partial charge on any atom is -0.321 e. The van der Waals surface area contributed by atoms with Crippen molar-refractivity contribution >= 4 is 33.2 Å². The molecule has 26 heavy (non-hydrogen) atoms. The van der Waals surface area contributed by atoms with Gasteiger partial charge in [-0.15, -0.1) is 0 Å². The molecule has 0 heterocycles. The molecule has 2 aromatic rings. The Balaban J connectivity index is 2.38. The van der Waals surface area contributed by atoms with Crippen molar-refractivity contribution in [1.29, 1.82) is 0 Å². The van der Waals surface area contributed by atoms with Crippen molar-refractivity contribution in [1.82, 2.24) is 4.31 Å². The monoisotopic (exact) mass is 398 g/mol. The number of amides is 1. The SMILES string of the molecule is CCN(CC)S(=O)(=O)c1cc(C(=O)Nc2ccc(C)cc2Cl)ccc1F. The maximum absolute atomic E-state index is 14.1. The normalized spacial score (nSPS) is 11.6. The first-order chi connectivity index (χ1) is 12.2. The van der Waals surface area contributed by atoms with Gasteiger partial charge in [0, 0.05) is 18.7 Å². The van der Waals surface area contributed by atoms with Crippen LogP contribution in [0.2, 0.25) is 5.02 Å². The minimum absolute atomic E-state index is 0.0220. The predicted octanol–water partition coefficient (Wildman–Crippen LogP) is 4.07. The third-order valence-electron chi connectivity index (χ3n) is 3.89. The highest BCUT2D eigenvalue weighted by Gasteiger charge is 2.26. The van der Waals surface area contributed by atoms with E-state index >= 15 is 0 Å². The van der Waals surface area contributed by atoms with Crippen molar-refractivity contribution < 1.29 is 17.6 Å². The number of hydrogen-bond donors (Lipinski definition) is 1. The van der Waals surface area contributed by atoms with Crippen LogP contribution in [0.3, 0.4) is 0 Å². The average molecular weight is 399 g/mol. The van der Waals surface area contributed by atoms with Crippen LogP contribution < -0.4 is 5.32 Å². The van der Waals surface area contributed by atoms with E-state index < -0.39 is 26.6 Å². The number of aryl methyl sites for hydroxylation is 1. The summed E-state index contributed by atoms with van der Waals surface area (Å²) in [4.78, 5) is 11.9. The third-order valence-corrected chi connectivity index (χ3v) is 6.27. The van der Waals surface area contributed by atoms with E-state index in [2.05, 4.69) is 5.32 Å². The summed E-state index contributed by atoms with van der Waals surface area (Å²) in [6, 6.07) is 8.36. The van der Waals surface area contributed by atoms with Gasteiger partial charge in [-0.3, -0.25) is 4.79 Å².